The topological polar surface area (TPSA) is 106 Å². The van der Waals surface area contributed by atoms with Gasteiger partial charge >= 0.3 is 0 Å². The summed E-state index contributed by atoms with van der Waals surface area (Å²) in [5.41, 5.74) is 0.718. The summed E-state index contributed by atoms with van der Waals surface area (Å²) in [4.78, 5) is 19.5. The molecule has 2 aromatic rings. The molecule has 115 valence electrons. The Balaban J connectivity index is 0.000000364. The van der Waals surface area contributed by atoms with Crippen molar-refractivity contribution < 1.29 is 27.5 Å². The molecule has 21 heavy (non-hydrogen) atoms. The summed E-state index contributed by atoms with van der Waals surface area (Å²) >= 11 is 0. The van der Waals surface area contributed by atoms with Crippen LogP contribution >= 0.6 is 0 Å². The van der Waals surface area contributed by atoms with Crippen molar-refractivity contribution in [2.24, 2.45) is 10.6 Å². The zero-order valence-electron chi connectivity index (χ0n) is 10.6. The van der Waals surface area contributed by atoms with E-state index in [9.17, 15) is 9.81 Å². The smallest absolute Gasteiger partial charge is 0.0932 e. The van der Waals surface area contributed by atoms with Crippen LogP contribution in [-0.2, 0) is 17.1 Å². The van der Waals surface area contributed by atoms with E-state index in [2.05, 4.69) is 10.6 Å². The Morgan fingerprint density at radius 3 is 1.19 bits per heavy atom. The number of hydrogen-bond donors (Lipinski definition) is 2. The second kappa shape index (κ2) is 10.5. The quantitative estimate of drug-likeness (QED) is 0.503. The van der Waals surface area contributed by atoms with Crippen LogP contribution in [0.3, 0.4) is 0 Å². The third-order valence-corrected chi connectivity index (χ3v) is 2.13. The Morgan fingerprint density at radius 1 is 0.667 bits per heavy atom. The molecule has 0 atom stereocenters. The molecule has 0 spiro atoms. The van der Waals surface area contributed by atoms with Crippen LogP contribution in [0.4, 0.5) is 11.4 Å². The van der Waals surface area contributed by atoms with Gasteiger partial charge in [-0.1, -0.05) is 36.4 Å². The van der Waals surface area contributed by atoms with Crippen molar-refractivity contribution in [3.8, 4) is 0 Å². The van der Waals surface area contributed by atoms with Crippen molar-refractivity contribution in [1.29, 1.82) is 0 Å². The molecule has 0 saturated carbocycles. The van der Waals surface area contributed by atoms with E-state index in [0.29, 0.717) is 11.4 Å². The molecule has 0 aliphatic rings. The second-order valence-electron chi connectivity index (χ2n) is 3.41. The van der Waals surface area contributed by atoms with Gasteiger partial charge in [0.1, 0.15) is 0 Å². The van der Waals surface area contributed by atoms with Gasteiger partial charge < -0.3 is 0 Å². The molecular weight excluding hydrogens is 328 g/mol. The summed E-state index contributed by atoms with van der Waals surface area (Å²) in [7, 11) is 0. The van der Waals surface area contributed by atoms with Gasteiger partial charge in [0.05, 0.1) is 21.9 Å². The largest absolute Gasteiger partial charge is 0.265 e. The molecule has 0 fully saturated rings. The van der Waals surface area contributed by atoms with E-state index in [1.54, 1.807) is 60.7 Å². The summed E-state index contributed by atoms with van der Waals surface area (Å²) in [5, 5.41) is 22.5. The molecule has 2 rings (SSSR count). The summed E-state index contributed by atoms with van der Waals surface area (Å²) in [6.07, 6.45) is 0. The Morgan fingerprint density at radius 2 is 0.952 bits per heavy atom. The monoisotopic (exact) mass is 339 g/mol. The third kappa shape index (κ3) is 6.59. The standard InChI is InChI=1S/2C6H6N2O2.Cu/c2*9-7-8(10)6-4-2-1-3-5-6;/h2*1-5,10H;. The summed E-state index contributed by atoms with van der Waals surface area (Å²) in [6.45, 7) is 0. The van der Waals surface area contributed by atoms with Crippen LogP contribution in [0.2, 0.25) is 0 Å². The van der Waals surface area contributed by atoms with Crippen LogP contribution in [0.1, 0.15) is 0 Å². The fraction of sp³-hybridized carbons (Fsp3) is 0. The molecule has 1 radical (unpaired) electrons. The zero-order valence-corrected chi connectivity index (χ0v) is 11.5. The Kier molecular flexibility index (Phi) is 9.31. The van der Waals surface area contributed by atoms with Crippen molar-refractivity contribution in [2.45, 2.75) is 0 Å². The van der Waals surface area contributed by atoms with Gasteiger partial charge in [-0.15, -0.1) is 20.2 Å². The average Bonchev–Trinajstić information content (AvgIpc) is 2.55. The van der Waals surface area contributed by atoms with E-state index in [0.717, 1.165) is 0 Å². The fourth-order valence-electron chi connectivity index (χ4n) is 1.22. The molecule has 2 aromatic carbocycles. The Labute approximate surface area is 130 Å². The van der Waals surface area contributed by atoms with Gasteiger partial charge in [-0.2, -0.15) is 0 Å². The molecule has 0 aromatic heterocycles. The van der Waals surface area contributed by atoms with Crippen molar-refractivity contribution in [1.82, 2.24) is 0 Å². The van der Waals surface area contributed by atoms with Crippen LogP contribution in [0.15, 0.2) is 71.2 Å². The first-order valence-corrected chi connectivity index (χ1v) is 5.43. The van der Waals surface area contributed by atoms with Crippen LogP contribution in [-0.4, -0.2) is 10.4 Å². The molecule has 0 aliphatic carbocycles. The van der Waals surface area contributed by atoms with E-state index >= 15 is 0 Å². The van der Waals surface area contributed by atoms with Crippen molar-refractivity contribution in [2.75, 3.05) is 10.3 Å². The van der Waals surface area contributed by atoms with Crippen LogP contribution < -0.4 is 10.3 Å². The predicted molar refractivity (Wildman–Crippen MR) is 73.0 cm³/mol. The van der Waals surface area contributed by atoms with Gasteiger partial charge in [0.15, 0.2) is 0 Å². The van der Waals surface area contributed by atoms with Gasteiger partial charge in [0.25, 0.3) is 0 Å². The zero-order chi connectivity index (χ0) is 14.8. The predicted octanol–water partition coefficient (Wildman–Crippen LogP) is 3.12. The van der Waals surface area contributed by atoms with E-state index in [1.165, 1.54) is 0 Å². The van der Waals surface area contributed by atoms with Crippen LogP contribution in [0.25, 0.3) is 0 Å². The molecular formula is C12H12CuN4O4. The van der Waals surface area contributed by atoms with Gasteiger partial charge in [-0.05, 0) is 24.3 Å². The minimum Gasteiger partial charge on any atom is -0.265 e. The van der Waals surface area contributed by atoms with Gasteiger partial charge in [-0.3, -0.25) is 10.4 Å². The first-order chi connectivity index (χ1) is 9.69. The molecule has 9 heteroatoms. The van der Waals surface area contributed by atoms with Crippen molar-refractivity contribution >= 4 is 11.4 Å². The van der Waals surface area contributed by atoms with Gasteiger partial charge in [0, 0.05) is 17.1 Å². The molecule has 0 saturated heterocycles. The molecule has 8 nitrogen and oxygen atoms in total. The fourth-order valence-corrected chi connectivity index (χ4v) is 1.22. The Bertz CT molecular complexity index is 480. The van der Waals surface area contributed by atoms with Crippen LogP contribution in [0, 0.1) is 9.81 Å². The molecule has 0 unspecified atom stereocenters. The first kappa shape index (κ1) is 18.7. The normalized spacial score (nSPS) is 8.48. The first-order valence-electron chi connectivity index (χ1n) is 5.43. The van der Waals surface area contributed by atoms with Gasteiger partial charge in [0.2, 0.25) is 0 Å². The number of nitrogens with zero attached hydrogens (tertiary/aromatic N) is 4. The Hall–Kier alpha value is -2.32. The molecule has 2 N–H and O–H groups in total. The van der Waals surface area contributed by atoms with Crippen molar-refractivity contribution in [3.05, 3.63) is 70.5 Å². The molecule has 0 bridgehead atoms. The average molecular weight is 340 g/mol. The molecule has 0 aliphatic heterocycles. The SMILES string of the molecule is O=NN(O)c1ccccc1.O=NN(O)c1ccccc1.[Cu]. The summed E-state index contributed by atoms with van der Waals surface area (Å²) in [6, 6.07) is 16.6. The van der Waals surface area contributed by atoms with E-state index in [4.69, 9.17) is 10.4 Å². The van der Waals surface area contributed by atoms with Crippen LogP contribution in [0.5, 0.6) is 0 Å². The van der Waals surface area contributed by atoms with E-state index in [1.807, 2.05) is 0 Å². The number of benzene rings is 2. The maximum Gasteiger partial charge on any atom is 0.0932 e. The van der Waals surface area contributed by atoms with E-state index in [-0.39, 0.29) is 27.4 Å². The number of anilines is 2. The van der Waals surface area contributed by atoms with Crippen molar-refractivity contribution in [3.63, 3.8) is 0 Å². The number of rotatable bonds is 4. The number of nitroso groups, excluding NO2 is 2. The summed E-state index contributed by atoms with van der Waals surface area (Å²) < 4.78 is 0. The molecule has 0 amide bonds. The maximum absolute atomic E-state index is 9.73. The second-order valence-corrected chi connectivity index (χ2v) is 3.41. The summed E-state index contributed by atoms with van der Waals surface area (Å²) in [5.74, 6) is 0. The van der Waals surface area contributed by atoms with Gasteiger partial charge in [-0.25, -0.2) is 0 Å². The van der Waals surface area contributed by atoms with E-state index < -0.39 is 0 Å². The molecule has 0 heterocycles. The number of para-hydroxylation sites is 2. The number of hydrogen-bond acceptors (Lipinski definition) is 6. The minimum atomic E-state index is 0. The third-order valence-electron chi connectivity index (χ3n) is 2.13. The minimum absolute atomic E-state index is 0. The maximum atomic E-state index is 9.73.